The standard InChI is InChI=1S/C13H14N4O4S/c1-7-12(10(6-20-2)17-21-7)8-3-9-11(22(14,18)19)5-16-13(9)15-4-8/h3-5H,6H2,1-2H3,(H,15,16)(H2,14,18,19). The number of aromatic nitrogens is 3. The Bertz CT molecular complexity index is 942. The van der Waals surface area contributed by atoms with E-state index in [1.807, 2.05) is 0 Å². The zero-order valence-electron chi connectivity index (χ0n) is 12.0. The third-order valence-electron chi connectivity index (χ3n) is 3.30. The van der Waals surface area contributed by atoms with E-state index in [0.29, 0.717) is 28.1 Å². The Morgan fingerprint density at radius 3 is 2.91 bits per heavy atom. The van der Waals surface area contributed by atoms with Crippen LogP contribution in [0.4, 0.5) is 0 Å². The van der Waals surface area contributed by atoms with Crippen molar-refractivity contribution in [2.45, 2.75) is 18.4 Å². The fourth-order valence-electron chi connectivity index (χ4n) is 2.37. The monoisotopic (exact) mass is 322 g/mol. The molecule has 0 fully saturated rings. The Kier molecular flexibility index (Phi) is 3.47. The maximum Gasteiger partial charge on any atom is 0.240 e. The molecule has 3 N–H and O–H groups in total. The Morgan fingerprint density at radius 2 is 2.23 bits per heavy atom. The van der Waals surface area contributed by atoms with Crippen LogP contribution in [-0.4, -0.2) is 30.7 Å². The molecular weight excluding hydrogens is 308 g/mol. The fraction of sp³-hybridized carbons (Fsp3) is 0.231. The molecule has 3 heterocycles. The van der Waals surface area contributed by atoms with Crippen molar-refractivity contribution >= 4 is 21.1 Å². The molecule has 0 saturated heterocycles. The Hall–Kier alpha value is -2.23. The second-order valence-electron chi connectivity index (χ2n) is 4.81. The zero-order valence-corrected chi connectivity index (χ0v) is 12.8. The molecule has 0 aliphatic rings. The van der Waals surface area contributed by atoms with Gasteiger partial charge < -0.3 is 14.2 Å². The summed E-state index contributed by atoms with van der Waals surface area (Å²) in [7, 11) is -2.28. The minimum atomic E-state index is -3.84. The number of nitrogens with two attached hydrogens (primary N) is 1. The molecule has 0 aromatic carbocycles. The number of rotatable bonds is 4. The SMILES string of the molecule is COCc1noc(C)c1-c1cnc2[nH]cc(S(N)(=O)=O)c2c1. The number of aromatic amines is 1. The first-order valence-electron chi connectivity index (χ1n) is 6.36. The molecule has 3 aromatic heterocycles. The zero-order chi connectivity index (χ0) is 15.9. The van der Waals surface area contributed by atoms with Gasteiger partial charge in [-0.05, 0) is 13.0 Å². The van der Waals surface area contributed by atoms with E-state index in [0.717, 1.165) is 5.56 Å². The van der Waals surface area contributed by atoms with Crippen molar-refractivity contribution < 1.29 is 17.7 Å². The number of hydrogen-bond donors (Lipinski definition) is 2. The Labute approximate surface area is 126 Å². The van der Waals surface area contributed by atoms with Crippen LogP contribution < -0.4 is 5.14 Å². The van der Waals surface area contributed by atoms with Gasteiger partial charge in [-0.3, -0.25) is 0 Å². The highest BCUT2D eigenvalue weighted by Crippen LogP contribution is 2.31. The van der Waals surface area contributed by atoms with Crippen LogP contribution in [0, 0.1) is 6.92 Å². The van der Waals surface area contributed by atoms with Gasteiger partial charge in [-0.2, -0.15) is 0 Å². The molecule has 0 atom stereocenters. The number of primary sulfonamides is 1. The molecule has 0 unspecified atom stereocenters. The molecule has 9 heteroatoms. The topological polar surface area (TPSA) is 124 Å². The fourth-order valence-corrected chi connectivity index (χ4v) is 3.06. The van der Waals surface area contributed by atoms with E-state index in [9.17, 15) is 8.42 Å². The van der Waals surface area contributed by atoms with Crippen molar-refractivity contribution in [2.24, 2.45) is 5.14 Å². The minimum Gasteiger partial charge on any atom is -0.378 e. The molecule has 0 aliphatic heterocycles. The first-order chi connectivity index (χ1) is 10.4. The number of methoxy groups -OCH3 is 1. The summed E-state index contributed by atoms with van der Waals surface area (Å²) in [4.78, 5) is 7.01. The maximum absolute atomic E-state index is 11.6. The van der Waals surface area contributed by atoms with Gasteiger partial charge in [0.15, 0.2) is 0 Å². The molecule has 3 rings (SSSR count). The highest BCUT2D eigenvalue weighted by molar-refractivity contribution is 7.89. The lowest BCUT2D eigenvalue weighted by Crippen LogP contribution is -2.11. The molecule has 0 amide bonds. The normalized spacial score (nSPS) is 12.1. The summed E-state index contributed by atoms with van der Waals surface area (Å²) in [5.74, 6) is 0.598. The molecular formula is C13H14N4O4S. The van der Waals surface area contributed by atoms with Gasteiger partial charge in [0.2, 0.25) is 10.0 Å². The lowest BCUT2D eigenvalue weighted by atomic mass is 10.1. The molecule has 8 nitrogen and oxygen atoms in total. The Morgan fingerprint density at radius 1 is 1.45 bits per heavy atom. The second-order valence-corrected chi connectivity index (χ2v) is 6.34. The molecule has 3 aromatic rings. The summed E-state index contributed by atoms with van der Waals surface area (Å²) >= 11 is 0. The van der Waals surface area contributed by atoms with Crippen molar-refractivity contribution in [3.05, 3.63) is 29.9 Å². The van der Waals surface area contributed by atoms with Gasteiger partial charge in [0.05, 0.1) is 12.2 Å². The highest BCUT2D eigenvalue weighted by atomic mass is 32.2. The Balaban J connectivity index is 2.23. The number of nitrogens with zero attached hydrogens (tertiary/aromatic N) is 2. The number of ether oxygens (including phenoxy) is 1. The van der Waals surface area contributed by atoms with Crippen LogP contribution in [-0.2, 0) is 21.4 Å². The summed E-state index contributed by atoms with van der Waals surface area (Å²) in [6.07, 6.45) is 2.94. The first-order valence-corrected chi connectivity index (χ1v) is 7.91. The molecule has 0 spiro atoms. The number of aryl methyl sites for hydroxylation is 1. The molecule has 22 heavy (non-hydrogen) atoms. The number of H-pyrrole nitrogens is 1. The number of pyridine rings is 1. The minimum absolute atomic E-state index is 0.000696. The van der Waals surface area contributed by atoms with Gasteiger partial charge >= 0.3 is 0 Å². The average molecular weight is 322 g/mol. The molecule has 0 aliphatic carbocycles. The van der Waals surface area contributed by atoms with Crippen LogP contribution in [0.1, 0.15) is 11.5 Å². The summed E-state index contributed by atoms with van der Waals surface area (Å²) < 4.78 is 33.5. The van der Waals surface area contributed by atoms with Crippen molar-refractivity contribution in [3.63, 3.8) is 0 Å². The van der Waals surface area contributed by atoms with E-state index < -0.39 is 10.0 Å². The van der Waals surface area contributed by atoms with E-state index in [1.54, 1.807) is 26.3 Å². The lowest BCUT2D eigenvalue weighted by molar-refractivity contribution is 0.177. The second kappa shape index (κ2) is 5.20. The average Bonchev–Trinajstić information content (AvgIpc) is 3.02. The summed E-state index contributed by atoms with van der Waals surface area (Å²) in [6.45, 7) is 2.04. The van der Waals surface area contributed by atoms with Crippen LogP contribution in [0.5, 0.6) is 0 Å². The van der Waals surface area contributed by atoms with Gasteiger partial charge in [0.1, 0.15) is 22.0 Å². The summed E-state index contributed by atoms with van der Waals surface area (Å²) in [6, 6.07) is 1.69. The van der Waals surface area contributed by atoms with Crippen molar-refractivity contribution in [3.8, 4) is 11.1 Å². The van der Waals surface area contributed by atoms with Gasteiger partial charge in [-0.25, -0.2) is 18.5 Å². The largest absolute Gasteiger partial charge is 0.378 e. The molecule has 0 radical (unpaired) electrons. The summed E-state index contributed by atoms with van der Waals surface area (Å²) in [5, 5.41) is 9.58. The number of hydrogen-bond acceptors (Lipinski definition) is 6. The third-order valence-corrected chi connectivity index (χ3v) is 4.25. The van der Waals surface area contributed by atoms with Gasteiger partial charge in [0.25, 0.3) is 0 Å². The van der Waals surface area contributed by atoms with E-state index >= 15 is 0 Å². The van der Waals surface area contributed by atoms with Crippen LogP contribution in [0.3, 0.4) is 0 Å². The predicted molar refractivity (Wildman–Crippen MR) is 78.4 cm³/mol. The van der Waals surface area contributed by atoms with E-state index in [2.05, 4.69) is 15.1 Å². The van der Waals surface area contributed by atoms with Crippen LogP contribution >= 0.6 is 0 Å². The quantitative estimate of drug-likeness (QED) is 0.746. The highest BCUT2D eigenvalue weighted by Gasteiger charge is 2.19. The number of sulfonamides is 1. The summed E-state index contributed by atoms with van der Waals surface area (Å²) in [5.41, 5.74) is 2.48. The van der Waals surface area contributed by atoms with Crippen LogP contribution in [0.25, 0.3) is 22.2 Å². The lowest BCUT2D eigenvalue weighted by Gasteiger charge is -2.03. The number of nitrogens with one attached hydrogen (secondary N) is 1. The van der Waals surface area contributed by atoms with Gasteiger partial charge in [-0.15, -0.1) is 0 Å². The molecule has 0 saturated carbocycles. The number of fused-ring (bicyclic) bond motifs is 1. The smallest absolute Gasteiger partial charge is 0.240 e. The van der Waals surface area contributed by atoms with Crippen LogP contribution in [0.2, 0.25) is 0 Å². The first kappa shape index (κ1) is 14.7. The molecule has 0 bridgehead atoms. The van der Waals surface area contributed by atoms with Crippen molar-refractivity contribution in [2.75, 3.05) is 7.11 Å². The van der Waals surface area contributed by atoms with Gasteiger partial charge in [-0.1, -0.05) is 5.16 Å². The van der Waals surface area contributed by atoms with E-state index in [4.69, 9.17) is 14.4 Å². The molecule has 116 valence electrons. The predicted octanol–water partition coefficient (Wildman–Crippen LogP) is 1.32. The van der Waals surface area contributed by atoms with Gasteiger partial charge in [0, 0.05) is 30.5 Å². The van der Waals surface area contributed by atoms with Crippen molar-refractivity contribution in [1.82, 2.24) is 15.1 Å². The van der Waals surface area contributed by atoms with E-state index in [-0.39, 0.29) is 11.5 Å². The van der Waals surface area contributed by atoms with Crippen molar-refractivity contribution in [1.29, 1.82) is 0 Å². The van der Waals surface area contributed by atoms with Crippen LogP contribution in [0.15, 0.2) is 27.9 Å². The third kappa shape index (κ3) is 2.39. The maximum atomic E-state index is 11.6. The van der Waals surface area contributed by atoms with E-state index in [1.165, 1.54) is 6.20 Å².